The van der Waals surface area contributed by atoms with Crippen molar-refractivity contribution in [1.82, 2.24) is 10.2 Å². The Morgan fingerprint density at radius 1 is 0.976 bits per heavy atom. The molecule has 0 spiro atoms. The summed E-state index contributed by atoms with van der Waals surface area (Å²) >= 11 is 3.46. The molecule has 3 rings (SSSR count). The third-order valence-electron chi connectivity index (χ3n) is 6.73. The maximum Gasteiger partial charge on any atom is 0.264 e. The topological polar surface area (TPSA) is 96.0 Å². The van der Waals surface area contributed by atoms with Crippen LogP contribution in [0.4, 0.5) is 5.69 Å². The number of rotatable bonds is 13. The van der Waals surface area contributed by atoms with E-state index in [1.165, 1.54) is 17.0 Å². The highest BCUT2D eigenvalue weighted by molar-refractivity contribution is 9.10. The fraction of sp³-hybridized carbons (Fsp3) is 0.355. The summed E-state index contributed by atoms with van der Waals surface area (Å²) in [5.74, 6) is -0.510. The SMILES string of the molecule is CCOc1ccccc1N(CC(=O)N(Cc1cccc(Br)c1)C(C)C(=O)NC(C)CC)S(=O)(=O)c1ccc(C)cc1. The van der Waals surface area contributed by atoms with Crippen molar-refractivity contribution in [3.63, 3.8) is 0 Å². The van der Waals surface area contributed by atoms with Crippen molar-refractivity contribution in [2.75, 3.05) is 17.5 Å². The maximum absolute atomic E-state index is 14.1. The van der Waals surface area contributed by atoms with Crippen LogP contribution in [-0.4, -0.2) is 50.4 Å². The van der Waals surface area contributed by atoms with E-state index in [9.17, 15) is 18.0 Å². The first-order chi connectivity index (χ1) is 19.5. The lowest BCUT2D eigenvalue weighted by Gasteiger charge is -2.33. The fourth-order valence-corrected chi connectivity index (χ4v) is 6.04. The average molecular weight is 645 g/mol. The van der Waals surface area contributed by atoms with Crippen LogP contribution < -0.4 is 14.4 Å². The van der Waals surface area contributed by atoms with Crippen molar-refractivity contribution in [2.24, 2.45) is 0 Å². The average Bonchev–Trinajstić information content (AvgIpc) is 2.95. The number of carbonyl (C=O) groups excluding carboxylic acids is 2. The molecule has 0 bridgehead atoms. The lowest BCUT2D eigenvalue weighted by Crippen LogP contribution is -2.52. The van der Waals surface area contributed by atoms with Gasteiger partial charge in [0.15, 0.2) is 0 Å². The largest absolute Gasteiger partial charge is 0.492 e. The molecule has 3 aromatic rings. The van der Waals surface area contributed by atoms with Gasteiger partial charge in [0.2, 0.25) is 11.8 Å². The van der Waals surface area contributed by atoms with Crippen LogP contribution in [0.5, 0.6) is 5.75 Å². The van der Waals surface area contributed by atoms with Gasteiger partial charge in [0.1, 0.15) is 18.3 Å². The molecule has 41 heavy (non-hydrogen) atoms. The Morgan fingerprint density at radius 3 is 2.29 bits per heavy atom. The summed E-state index contributed by atoms with van der Waals surface area (Å²) in [6.07, 6.45) is 0.731. The zero-order valence-corrected chi connectivity index (χ0v) is 26.5. The van der Waals surface area contributed by atoms with E-state index < -0.39 is 28.5 Å². The van der Waals surface area contributed by atoms with Crippen LogP contribution >= 0.6 is 15.9 Å². The Bertz CT molecular complexity index is 1450. The second-order valence-electron chi connectivity index (χ2n) is 9.87. The van der Waals surface area contributed by atoms with Gasteiger partial charge in [0.25, 0.3) is 10.0 Å². The number of sulfonamides is 1. The Hall–Kier alpha value is -3.37. The van der Waals surface area contributed by atoms with E-state index in [-0.39, 0.29) is 29.1 Å². The van der Waals surface area contributed by atoms with Gasteiger partial charge in [-0.1, -0.05) is 64.8 Å². The molecule has 0 aliphatic heterocycles. The molecule has 0 saturated carbocycles. The molecule has 0 heterocycles. The highest BCUT2D eigenvalue weighted by Gasteiger charge is 2.34. The molecule has 2 unspecified atom stereocenters. The van der Waals surface area contributed by atoms with Crippen molar-refractivity contribution in [3.8, 4) is 5.75 Å². The molecule has 1 N–H and O–H groups in total. The number of hydrogen-bond donors (Lipinski definition) is 1. The van der Waals surface area contributed by atoms with Gasteiger partial charge in [-0.3, -0.25) is 13.9 Å². The lowest BCUT2D eigenvalue weighted by molar-refractivity contribution is -0.139. The summed E-state index contributed by atoms with van der Waals surface area (Å²) in [7, 11) is -4.19. The number of benzene rings is 3. The number of carbonyl (C=O) groups is 2. The number of halogens is 1. The van der Waals surface area contributed by atoms with Crippen LogP contribution in [0.15, 0.2) is 82.2 Å². The number of para-hydroxylation sites is 2. The minimum atomic E-state index is -4.19. The molecule has 0 aliphatic carbocycles. The fourth-order valence-electron chi connectivity index (χ4n) is 4.17. The quantitative estimate of drug-likeness (QED) is 0.258. The summed E-state index contributed by atoms with van der Waals surface area (Å²) in [6.45, 7) is 9.07. The van der Waals surface area contributed by atoms with Gasteiger partial charge >= 0.3 is 0 Å². The first-order valence-corrected chi connectivity index (χ1v) is 15.9. The number of anilines is 1. The van der Waals surface area contributed by atoms with Crippen LogP contribution in [0.2, 0.25) is 0 Å². The summed E-state index contributed by atoms with van der Waals surface area (Å²) in [5, 5.41) is 2.94. The molecule has 3 aromatic carbocycles. The van der Waals surface area contributed by atoms with Crippen LogP contribution in [0, 0.1) is 6.92 Å². The number of amides is 2. The highest BCUT2D eigenvalue weighted by atomic mass is 79.9. The summed E-state index contributed by atoms with van der Waals surface area (Å²) in [4.78, 5) is 28.8. The van der Waals surface area contributed by atoms with Gasteiger partial charge in [0, 0.05) is 17.1 Å². The number of aryl methyl sites for hydroxylation is 1. The van der Waals surface area contributed by atoms with E-state index in [0.717, 1.165) is 26.3 Å². The molecular formula is C31H38BrN3O5S. The monoisotopic (exact) mass is 643 g/mol. The first-order valence-electron chi connectivity index (χ1n) is 13.6. The Labute approximate surface area is 251 Å². The lowest BCUT2D eigenvalue weighted by atomic mass is 10.1. The van der Waals surface area contributed by atoms with Crippen molar-refractivity contribution >= 4 is 43.5 Å². The van der Waals surface area contributed by atoms with E-state index in [0.29, 0.717) is 12.4 Å². The van der Waals surface area contributed by atoms with Gasteiger partial charge in [-0.2, -0.15) is 0 Å². The molecule has 2 atom stereocenters. The Kier molecular flexibility index (Phi) is 11.4. The zero-order chi connectivity index (χ0) is 30.2. The molecule has 8 nitrogen and oxygen atoms in total. The number of hydrogen-bond acceptors (Lipinski definition) is 5. The smallest absolute Gasteiger partial charge is 0.264 e. The van der Waals surface area contributed by atoms with Gasteiger partial charge in [-0.15, -0.1) is 0 Å². The summed E-state index contributed by atoms with van der Waals surface area (Å²) < 4.78 is 35.8. The molecule has 0 aromatic heterocycles. The van der Waals surface area contributed by atoms with Gasteiger partial charge in [-0.05, 0) is 76.1 Å². The van der Waals surface area contributed by atoms with E-state index in [4.69, 9.17) is 4.74 Å². The molecule has 2 amide bonds. The van der Waals surface area contributed by atoms with E-state index in [1.807, 2.05) is 45.0 Å². The van der Waals surface area contributed by atoms with Crippen molar-refractivity contribution in [1.29, 1.82) is 0 Å². The van der Waals surface area contributed by atoms with Crippen LogP contribution in [-0.2, 0) is 26.2 Å². The summed E-state index contributed by atoms with van der Waals surface area (Å²) in [6, 6.07) is 19.7. The van der Waals surface area contributed by atoms with Crippen LogP contribution in [0.3, 0.4) is 0 Å². The first kappa shape index (κ1) is 32.1. The second kappa shape index (κ2) is 14.5. The highest BCUT2D eigenvalue weighted by Crippen LogP contribution is 2.33. The molecule has 10 heteroatoms. The molecule has 0 fully saturated rings. The van der Waals surface area contributed by atoms with Gasteiger partial charge < -0.3 is 15.0 Å². The molecule has 0 radical (unpaired) electrons. The number of ether oxygens (including phenoxy) is 1. The van der Waals surface area contributed by atoms with Crippen LogP contribution in [0.1, 0.15) is 45.2 Å². The van der Waals surface area contributed by atoms with E-state index in [1.54, 1.807) is 50.2 Å². The van der Waals surface area contributed by atoms with Gasteiger partial charge in [-0.25, -0.2) is 8.42 Å². The number of nitrogens with one attached hydrogen (secondary N) is 1. The molecule has 220 valence electrons. The minimum absolute atomic E-state index is 0.0447. The third-order valence-corrected chi connectivity index (χ3v) is 9.00. The number of nitrogens with zero attached hydrogens (tertiary/aromatic N) is 2. The zero-order valence-electron chi connectivity index (χ0n) is 24.1. The Morgan fingerprint density at radius 2 is 1.66 bits per heavy atom. The van der Waals surface area contributed by atoms with Crippen molar-refractivity contribution in [2.45, 2.75) is 64.6 Å². The second-order valence-corrected chi connectivity index (χ2v) is 12.6. The summed E-state index contributed by atoms with van der Waals surface area (Å²) in [5.41, 5.74) is 1.93. The molecule has 0 saturated heterocycles. The molecular weight excluding hydrogens is 606 g/mol. The van der Waals surface area contributed by atoms with Crippen molar-refractivity contribution in [3.05, 3.63) is 88.4 Å². The molecule has 0 aliphatic rings. The minimum Gasteiger partial charge on any atom is -0.492 e. The predicted molar refractivity (Wildman–Crippen MR) is 165 cm³/mol. The van der Waals surface area contributed by atoms with Crippen molar-refractivity contribution < 1.29 is 22.7 Å². The maximum atomic E-state index is 14.1. The Balaban J connectivity index is 2.08. The van der Waals surface area contributed by atoms with Crippen LogP contribution in [0.25, 0.3) is 0 Å². The normalized spacial score (nSPS) is 12.7. The third kappa shape index (κ3) is 8.33. The predicted octanol–water partition coefficient (Wildman–Crippen LogP) is 5.68. The van der Waals surface area contributed by atoms with Gasteiger partial charge in [0.05, 0.1) is 17.2 Å². The standard InChI is InChI=1S/C31H38BrN3O5S/c1-6-23(4)33-31(37)24(5)34(20-25-11-10-12-26(32)19-25)30(36)21-35(28-13-8-9-14-29(28)40-7-2)41(38,39)27-17-15-22(3)16-18-27/h8-19,23-24H,6-7,20-21H2,1-5H3,(H,33,37). The van der Waals surface area contributed by atoms with E-state index in [2.05, 4.69) is 21.2 Å². The van der Waals surface area contributed by atoms with E-state index >= 15 is 0 Å².